The number of nitrogens with one attached hydrogen (secondary N) is 2. The summed E-state index contributed by atoms with van der Waals surface area (Å²) >= 11 is 0. The van der Waals surface area contributed by atoms with Gasteiger partial charge >= 0.3 is 11.9 Å². The van der Waals surface area contributed by atoms with E-state index in [1.54, 1.807) is 29.7 Å². The van der Waals surface area contributed by atoms with Crippen LogP contribution in [0.15, 0.2) is 48.7 Å². The molecule has 3 N–H and O–H groups in total. The van der Waals surface area contributed by atoms with Crippen molar-refractivity contribution in [3.63, 3.8) is 0 Å². The number of carboxylic acids is 1. The predicted molar refractivity (Wildman–Crippen MR) is 144 cm³/mol. The van der Waals surface area contributed by atoms with Crippen LogP contribution in [0.25, 0.3) is 5.65 Å². The van der Waals surface area contributed by atoms with Gasteiger partial charge in [0.1, 0.15) is 12.4 Å². The molecule has 1 unspecified atom stereocenters. The summed E-state index contributed by atoms with van der Waals surface area (Å²) in [6.45, 7) is 2.02. The summed E-state index contributed by atoms with van der Waals surface area (Å²) in [5.41, 5.74) is 2.71. The number of esters is 1. The molecule has 1 aliphatic carbocycles. The van der Waals surface area contributed by atoms with E-state index in [1.807, 2.05) is 30.3 Å². The highest BCUT2D eigenvalue weighted by Crippen LogP contribution is 2.29. The number of aryl methyl sites for hydroxylation is 2. The van der Waals surface area contributed by atoms with Crippen LogP contribution >= 0.6 is 0 Å². The van der Waals surface area contributed by atoms with Gasteiger partial charge in [-0.15, -0.1) is 0 Å². The third-order valence-corrected chi connectivity index (χ3v) is 7.10. The topological polar surface area (TPSA) is 122 Å². The van der Waals surface area contributed by atoms with Crippen LogP contribution in [0.1, 0.15) is 67.1 Å². The molecule has 0 bridgehead atoms. The highest BCUT2D eigenvalue weighted by molar-refractivity contribution is 6.00. The lowest BCUT2D eigenvalue weighted by atomic mass is 9.82. The number of ether oxygens (including phenoxy) is 1. The van der Waals surface area contributed by atoms with Crippen LogP contribution < -0.4 is 10.6 Å². The van der Waals surface area contributed by atoms with Crippen LogP contribution in [0.3, 0.4) is 0 Å². The van der Waals surface area contributed by atoms with Gasteiger partial charge in [-0.3, -0.25) is 18.8 Å². The average molecular weight is 521 g/mol. The molecule has 4 rings (SSSR count). The molecule has 1 fully saturated rings. The van der Waals surface area contributed by atoms with Gasteiger partial charge in [0.25, 0.3) is 5.91 Å². The maximum Gasteiger partial charge on any atom is 0.325 e. The molecule has 2 aromatic heterocycles. The molecule has 1 aliphatic rings. The smallest absolute Gasteiger partial charge is 0.325 e. The SMILES string of the molecule is CCOC(=O)CNc1c(CCc2ccccc2)nc2c(C(=O)NC(CC(=O)O)C3CCCCC3)cccn12. The Bertz CT molecular complexity index is 1250. The molecule has 1 saturated carbocycles. The van der Waals surface area contributed by atoms with E-state index in [1.165, 1.54) is 0 Å². The number of amides is 1. The average Bonchev–Trinajstić information content (AvgIpc) is 3.28. The van der Waals surface area contributed by atoms with Gasteiger partial charge in [0.2, 0.25) is 0 Å². The monoisotopic (exact) mass is 520 g/mol. The van der Waals surface area contributed by atoms with Crippen molar-refractivity contribution in [2.24, 2.45) is 5.92 Å². The van der Waals surface area contributed by atoms with Gasteiger partial charge in [0.15, 0.2) is 5.65 Å². The first-order valence-corrected chi connectivity index (χ1v) is 13.4. The number of imidazole rings is 1. The van der Waals surface area contributed by atoms with E-state index in [0.29, 0.717) is 23.4 Å². The van der Waals surface area contributed by atoms with Gasteiger partial charge in [-0.25, -0.2) is 4.98 Å². The molecule has 3 aromatic rings. The number of anilines is 1. The molecule has 1 aromatic carbocycles. The summed E-state index contributed by atoms with van der Waals surface area (Å²) in [5.74, 6) is -0.869. The maximum atomic E-state index is 13.5. The van der Waals surface area contributed by atoms with Crippen LogP contribution in [0.5, 0.6) is 0 Å². The van der Waals surface area contributed by atoms with Gasteiger partial charge in [0, 0.05) is 12.2 Å². The Kier molecular flexibility index (Phi) is 9.35. The minimum Gasteiger partial charge on any atom is -0.481 e. The van der Waals surface area contributed by atoms with E-state index >= 15 is 0 Å². The summed E-state index contributed by atoms with van der Waals surface area (Å²) in [6.07, 6.45) is 8.10. The molecule has 9 heteroatoms. The maximum absolute atomic E-state index is 13.5. The first kappa shape index (κ1) is 27.2. The highest BCUT2D eigenvalue weighted by Gasteiger charge is 2.28. The lowest BCUT2D eigenvalue weighted by Gasteiger charge is -2.30. The molecule has 0 radical (unpaired) electrons. The third-order valence-electron chi connectivity index (χ3n) is 7.10. The molecule has 1 atom stereocenters. The fraction of sp³-hybridized carbons (Fsp3) is 0.448. The number of hydrogen-bond donors (Lipinski definition) is 3. The molecule has 0 spiro atoms. The van der Waals surface area contributed by atoms with Crippen LogP contribution in [0.4, 0.5) is 5.82 Å². The Morgan fingerprint density at radius 2 is 1.84 bits per heavy atom. The van der Waals surface area contributed by atoms with Crippen molar-refractivity contribution >= 4 is 29.3 Å². The van der Waals surface area contributed by atoms with Gasteiger partial charge in [-0.2, -0.15) is 0 Å². The molecule has 0 saturated heterocycles. The minimum absolute atomic E-state index is 0.0290. The lowest BCUT2D eigenvalue weighted by molar-refractivity contribution is -0.141. The lowest BCUT2D eigenvalue weighted by Crippen LogP contribution is -2.42. The van der Waals surface area contributed by atoms with Gasteiger partial charge in [0.05, 0.1) is 24.3 Å². The van der Waals surface area contributed by atoms with Crippen molar-refractivity contribution in [3.8, 4) is 0 Å². The summed E-state index contributed by atoms with van der Waals surface area (Å²) in [6, 6.07) is 13.1. The number of carbonyl (C=O) groups excluding carboxylic acids is 2. The zero-order valence-electron chi connectivity index (χ0n) is 21.8. The molecule has 9 nitrogen and oxygen atoms in total. The summed E-state index contributed by atoms with van der Waals surface area (Å²) in [7, 11) is 0. The zero-order valence-corrected chi connectivity index (χ0v) is 21.8. The predicted octanol–water partition coefficient (Wildman–Crippen LogP) is 4.25. The number of benzene rings is 1. The normalized spacial score (nSPS) is 14.7. The van der Waals surface area contributed by atoms with Crippen molar-refractivity contribution in [3.05, 3.63) is 65.5 Å². The van der Waals surface area contributed by atoms with Crippen molar-refractivity contribution < 1.29 is 24.2 Å². The van der Waals surface area contributed by atoms with Crippen molar-refractivity contribution in [1.82, 2.24) is 14.7 Å². The van der Waals surface area contributed by atoms with Crippen LogP contribution in [-0.2, 0) is 27.2 Å². The summed E-state index contributed by atoms with van der Waals surface area (Å²) < 4.78 is 6.85. The largest absolute Gasteiger partial charge is 0.481 e. The van der Waals surface area contributed by atoms with Crippen molar-refractivity contribution in [2.45, 2.75) is 64.3 Å². The van der Waals surface area contributed by atoms with Crippen LogP contribution in [0, 0.1) is 5.92 Å². The number of fused-ring (bicyclic) bond motifs is 1. The van der Waals surface area contributed by atoms with E-state index in [0.717, 1.165) is 49.8 Å². The van der Waals surface area contributed by atoms with E-state index in [2.05, 4.69) is 10.6 Å². The Hall–Kier alpha value is -3.88. The number of pyridine rings is 1. The van der Waals surface area contributed by atoms with Gasteiger partial charge in [-0.05, 0) is 56.2 Å². The first-order valence-electron chi connectivity index (χ1n) is 13.4. The Morgan fingerprint density at radius 3 is 2.55 bits per heavy atom. The minimum atomic E-state index is -0.923. The summed E-state index contributed by atoms with van der Waals surface area (Å²) in [5, 5.41) is 15.7. The van der Waals surface area contributed by atoms with E-state index in [-0.39, 0.29) is 37.4 Å². The molecule has 38 heavy (non-hydrogen) atoms. The standard InChI is InChI=1S/C29H36N4O5/c1-2-38-26(36)19-30-28-23(16-15-20-10-5-3-6-11-20)31-27-22(14-9-17-33(27)28)29(37)32-24(18-25(34)35)21-12-7-4-8-13-21/h3,5-6,9-11,14,17,21,24,30H,2,4,7-8,12-13,15-16,18-19H2,1H3,(H,32,37)(H,34,35). The van der Waals surface area contributed by atoms with Crippen molar-refractivity contribution in [1.29, 1.82) is 0 Å². The second-order valence-electron chi connectivity index (χ2n) is 9.74. The van der Waals surface area contributed by atoms with E-state index in [9.17, 15) is 19.5 Å². The number of carboxylic acid groups (broad SMARTS) is 1. The molecule has 1 amide bonds. The molecular weight excluding hydrogens is 484 g/mol. The number of nitrogens with zero attached hydrogens (tertiary/aromatic N) is 2. The number of rotatable bonds is 12. The molecule has 202 valence electrons. The number of aromatic nitrogens is 2. The second-order valence-corrected chi connectivity index (χ2v) is 9.74. The van der Waals surface area contributed by atoms with Gasteiger partial charge < -0.3 is 20.5 Å². The zero-order chi connectivity index (χ0) is 26.9. The Balaban J connectivity index is 1.62. The van der Waals surface area contributed by atoms with Crippen LogP contribution in [0.2, 0.25) is 0 Å². The first-order chi connectivity index (χ1) is 18.5. The Morgan fingerprint density at radius 1 is 1.08 bits per heavy atom. The number of carbonyl (C=O) groups is 3. The number of aliphatic carboxylic acids is 1. The summed E-state index contributed by atoms with van der Waals surface area (Å²) in [4.78, 5) is 42.0. The van der Waals surface area contributed by atoms with E-state index in [4.69, 9.17) is 9.72 Å². The van der Waals surface area contributed by atoms with Crippen molar-refractivity contribution in [2.75, 3.05) is 18.5 Å². The third kappa shape index (κ3) is 6.90. The fourth-order valence-electron chi connectivity index (χ4n) is 5.23. The Labute approximate surface area is 222 Å². The van der Waals surface area contributed by atoms with E-state index < -0.39 is 12.0 Å². The highest BCUT2D eigenvalue weighted by atomic mass is 16.5. The molecular formula is C29H36N4O5. The second kappa shape index (κ2) is 13.1. The molecule has 2 heterocycles. The van der Waals surface area contributed by atoms with Crippen LogP contribution in [-0.4, -0.2) is 51.5 Å². The van der Waals surface area contributed by atoms with Gasteiger partial charge in [-0.1, -0.05) is 49.6 Å². The quantitative estimate of drug-likeness (QED) is 0.305. The fourth-order valence-corrected chi connectivity index (χ4v) is 5.23. The number of hydrogen-bond acceptors (Lipinski definition) is 6. The molecule has 0 aliphatic heterocycles.